The molecule has 0 aromatic heterocycles. The number of hydrogen-bond acceptors (Lipinski definition) is 8. The van der Waals surface area contributed by atoms with E-state index in [2.05, 4.69) is 50.3 Å². The van der Waals surface area contributed by atoms with Gasteiger partial charge in [0.15, 0.2) is 6.10 Å². The van der Waals surface area contributed by atoms with E-state index in [0.29, 0.717) is 6.42 Å². The van der Waals surface area contributed by atoms with Crippen molar-refractivity contribution in [2.75, 3.05) is 26.4 Å². The van der Waals surface area contributed by atoms with Crippen LogP contribution in [0.25, 0.3) is 0 Å². The number of ether oxygens (including phenoxy) is 2. The van der Waals surface area contributed by atoms with Gasteiger partial charge in [-0.2, -0.15) is 0 Å². The molecule has 0 aromatic carbocycles. The van der Waals surface area contributed by atoms with Crippen LogP contribution in [-0.4, -0.2) is 49.3 Å². The van der Waals surface area contributed by atoms with Gasteiger partial charge in [0.05, 0.1) is 13.2 Å². The van der Waals surface area contributed by atoms with Crippen LogP contribution in [-0.2, 0) is 32.7 Å². The molecule has 0 fully saturated rings. The zero-order valence-electron chi connectivity index (χ0n) is 33.3. The predicted octanol–water partition coefficient (Wildman–Crippen LogP) is 11.8. The Bertz CT molecular complexity index is 954. The molecule has 304 valence electrons. The average Bonchev–Trinajstić information content (AvgIpc) is 3.13. The number of carbonyl (C=O) groups excluding carboxylic acids is 2. The number of carbonyl (C=O) groups is 2. The summed E-state index contributed by atoms with van der Waals surface area (Å²) >= 11 is 0. The minimum Gasteiger partial charge on any atom is -0.462 e. The summed E-state index contributed by atoms with van der Waals surface area (Å²) in [6.45, 7) is 3.61. The molecule has 0 saturated heterocycles. The third-order valence-electron chi connectivity index (χ3n) is 8.79. The number of nitrogens with two attached hydrogens (primary N) is 1. The highest BCUT2D eigenvalue weighted by Crippen LogP contribution is 2.43. The molecule has 0 aliphatic carbocycles. The van der Waals surface area contributed by atoms with E-state index < -0.39 is 26.5 Å². The molecular formula is C42H78NO8P. The van der Waals surface area contributed by atoms with Crippen LogP contribution in [0.2, 0.25) is 0 Å². The molecule has 0 heterocycles. The van der Waals surface area contributed by atoms with Crippen molar-refractivity contribution in [2.45, 2.75) is 193 Å². The van der Waals surface area contributed by atoms with E-state index in [1.54, 1.807) is 0 Å². The maximum Gasteiger partial charge on any atom is 0.472 e. The Morgan fingerprint density at radius 3 is 1.58 bits per heavy atom. The Hall–Kier alpha value is -1.77. The van der Waals surface area contributed by atoms with E-state index in [1.165, 1.54) is 83.5 Å². The van der Waals surface area contributed by atoms with Crippen molar-refractivity contribution < 1.29 is 37.6 Å². The van der Waals surface area contributed by atoms with Gasteiger partial charge in [-0.05, 0) is 44.9 Å². The third kappa shape index (κ3) is 38.0. The molecule has 0 radical (unpaired) electrons. The van der Waals surface area contributed by atoms with Gasteiger partial charge in [0.25, 0.3) is 0 Å². The first-order valence-corrected chi connectivity index (χ1v) is 22.5. The van der Waals surface area contributed by atoms with Crippen LogP contribution >= 0.6 is 7.82 Å². The van der Waals surface area contributed by atoms with E-state index in [0.717, 1.165) is 70.6 Å². The Morgan fingerprint density at radius 2 is 1.06 bits per heavy atom. The number of rotatable bonds is 39. The molecule has 0 aromatic rings. The second-order valence-corrected chi connectivity index (χ2v) is 15.3. The number of phosphoric ester groups is 1. The Kier molecular flexibility index (Phi) is 37.6. The number of esters is 2. The molecule has 1 unspecified atom stereocenters. The Labute approximate surface area is 318 Å². The van der Waals surface area contributed by atoms with Gasteiger partial charge in [0.2, 0.25) is 0 Å². The molecule has 0 bridgehead atoms. The smallest absolute Gasteiger partial charge is 0.462 e. The zero-order chi connectivity index (χ0) is 38.2. The van der Waals surface area contributed by atoms with Gasteiger partial charge in [-0.1, -0.05) is 166 Å². The minimum atomic E-state index is -4.38. The summed E-state index contributed by atoms with van der Waals surface area (Å²) < 4.78 is 32.7. The van der Waals surface area contributed by atoms with Crippen LogP contribution in [0.3, 0.4) is 0 Å². The van der Waals surface area contributed by atoms with E-state index >= 15 is 0 Å². The molecule has 3 N–H and O–H groups in total. The van der Waals surface area contributed by atoms with Gasteiger partial charge in [-0.15, -0.1) is 0 Å². The lowest BCUT2D eigenvalue weighted by Crippen LogP contribution is -2.29. The number of allylic oxidation sites excluding steroid dienone is 6. The van der Waals surface area contributed by atoms with Crippen LogP contribution in [0.1, 0.15) is 187 Å². The SMILES string of the molecule is CC/C=C\C/C=C\C/C=C\CCCCCCCC(=O)O[C@H](COC(=O)CCCCCCCCCCCCCCCCCC)COP(=O)(O)OCCN. The van der Waals surface area contributed by atoms with Gasteiger partial charge in [0, 0.05) is 19.4 Å². The summed E-state index contributed by atoms with van der Waals surface area (Å²) in [5.41, 5.74) is 5.34. The Balaban J connectivity index is 4.17. The first kappa shape index (κ1) is 50.2. The van der Waals surface area contributed by atoms with Gasteiger partial charge < -0.3 is 20.1 Å². The Morgan fingerprint density at radius 1 is 0.596 bits per heavy atom. The normalized spacial score (nSPS) is 13.7. The molecule has 10 heteroatoms. The van der Waals surface area contributed by atoms with Crippen molar-refractivity contribution in [1.29, 1.82) is 0 Å². The van der Waals surface area contributed by atoms with E-state index in [9.17, 15) is 19.0 Å². The summed E-state index contributed by atoms with van der Waals surface area (Å²) in [7, 11) is -4.38. The molecule has 0 aliphatic rings. The minimum absolute atomic E-state index is 0.0506. The molecule has 0 aliphatic heterocycles. The second kappa shape index (κ2) is 38.9. The first-order valence-electron chi connectivity index (χ1n) is 21.0. The van der Waals surface area contributed by atoms with Gasteiger partial charge >= 0.3 is 19.8 Å². The fourth-order valence-electron chi connectivity index (χ4n) is 5.71. The highest BCUT2D eigenvalue weighted by atomic mass is 31.2. The quantitative estimate of drug-likeness (QED) is 0.0272. The third-order valence-corrected chi connectivity index (χ3v) is 9.77. The average molecular weight is 756 g/mol. The van der Waals surface area contributed by atoms with E-state index in [4.69, 9.17) is 24.3 Å². The predicted molar refractivity (Wildman–Crippen MR) is 215 cm³/mol. The summed E-state index contributed by atoms with van der Waals surface area (Å²) in [4.78, 5) is 34.8. The van der Waals surface area contributed by atoms with Crippen LogP contribution in [0, 0.1) is 0 Å². The highest BCUT2D eigenvalue weighted by Gasteiger charge is 2.26. The van der Waals surface area contributed by atoms with Crippen molar-refractivity contribution in [1.82, 2.24) is 0 Å². The molecule has 0 spiro atoms. The zero-order valence-corrected chi connectivity index (χ0v) is 34.2. The molecule has 52 heavy (non-hydrogen) atoms. The van der Waals surface area contributed by atoms with Crippen LogP contribution in [0.5, 0.6) is 0 Å². The van der Waals surface area contributed by atoms with Crippen molar-refractivity contribution in [3.05, 3.63) is 36.5 Å². The lowest BCUT2D eigenvalue weighted by Gasteiger charge is -2.19. The largest absolute Gasteiger partial charge is 0.472 e. The highest BCUT2D eigenvalue weighted by molar-refractivity contribution is 7.47. The van der Waals surface area contributed by atoms with Crippen LogP contribution < -0.4 is 5.73 Å². The van der Waals surface area contributed by atoms with Crippen molar-refractivity contribution in [3.63, 3.8) is 0 Å². The van der Waals surface area contributed by atoms with E-state index in [1.807, 2.05) is 0 Å². The van der Waals surface area contributed by atoms with Crippen LogP contribution in [0.15, 0.2) is 36.5 Å². The molecule has 9 nitrogen and oxygen atoms in total. The van der Waals surface area contributed by atoms with Gasteiger partial charge in [0.1, 0.15) is 6.61 Å². The molecule has 0 saturated carbocycles. The molecule has 0 amide bonds. The molecule has 2 atom stereocenters. The van der Waals surface area contributed by atoms with Crippen molar-refractivity contribution >= 4 is 19.8 Å². The standard InChI is InChI=1S/C42H78NO8P/c1-3-5-7-9-11-13-15-17-19-21-22-24-26-28-30-32-34-41(44)48-38-40(39-50-52(46,47)49-37-36-43)51-42(45)35-33-31-29-27-25-23-20-18-16-14-12-10-8-6-4-2/h6,8,12,14,18,20,40H,3-5,7,9-11,13,15-17,19,21-39,43H2,1-2H3,(H,46,47)/b8-6-,14-12-,20-18-/t40-/m1/s1. The summed E-state index contributed by atoms with van der Waals surface area (Å²) in [5.74, 6) is -0.844. The fourth-order valence-corrected chi connectivity index (χ4v) is 6.47. The summed E-state index contributed by atoms with van der Waals surface area (Å²) in [6.07, 6.45) is 41.7. The lowest BCUT2D eigenvalue weighted by molar-refractivity contribution is -0.161. The monoisotopic (exact) mass is 756 g/mol. The fraction of sp³-hybridized carbons (Fsp3) is 0.810. The second-order valence-electron chi connectivity index (χ2n) is 13.8. The van der Waals surface area contributed by atoms with Crippen molar-refractivity contribution in [2.24, 2.45) is 5.73 Å². The molecule has 0 rings (SSSR count). The lowest BCUT2D eigenvalue weighted by atomic mass is 10.0. The number of hydrogen-bond donors (Lipinski definition) is 2. The van der Waals surface area contributed by atoms with Gasteiger partial charge in [-0.25, -0.2) is 4.57 Å². The maximum atomic E-state index is 12.6. The maximum absolute atomic E-state index is 12.6. The summed E-state index contributed by atoms with van der Waals surface area (Å²) in [6, 6.07) is 0. The molecular weight excluding hydrogens is 677 g/mol. The van der Waals surface area contributed by atoms with E-state index in [-0.39, 0.29) is 38.6 Å². The summed E-state index contributed by atoms with van der Waals surface area (Å²) in [5, 5.41) is 0. The number of unbranched alkanes of at least 4 members (excludes halogenated alkanes) is 20. The van der Waals surface area contributed by atoms with Gasteiger partial charge in [-0.3, -0.25) is 18.6 Å². The van der Waals surface area contributed by atoms with Crippen LogP contribution in [0.4, 0.5) is 0 Å². The van der Waals surface area contributed by atoms with Crippen molar-refractivity contribution in [3.8, 4) is 0 Å². The first-order chi connectivity index (χ1) is 25.3. The number of phosphoric acid groups is 1. The topological polar surface area (TPSA) is 134 Å².